The number of carbonyl (C=O) groups is 1. The van der Waals surface area contributed by atoms with Gasteiger partial charge in [-0.1, -0.05) is 63.9 Å². The van der Waals surface area contributed by atoms with Crippen molar-refractivity contribution in [1.82, 2.24) is 5.32 Å². The smallest absolute Gasteiger partial charge is 0.220 e. The fraction of sp³-hybridized carbons (Fsp3) is 0.811. The quantitative estimate of drug-likeness (QED) is 0.366. The molecular weight excluding hydrogens is 568 g/mol. The lowest BCUT2D eigenvalue weighted by Crippen LogP contribution is -3.00. The maximum atomic E-state index is 13.0. The molecule has 4 aliphatic carbocycles. The second-order valence-corrected chi connectivity index (χ2v) is 15.9. The van der Waals surface area contributed by atoms with Crippen LogP contribution in [0.3, 0.4) is 0 Å². The number of nitrogens with zero attached hydrogens (tertiary/aromatic N) is 1. The van der Waals surface area contributed by atoms with Crippen LogP contribution in [0.5, 0.6) is 0 Å². The molecule has 0 radical (unpaired) electrons. The minimum absolute atomic E-state index is 0. The predicted octanol–water partition coefficient (Wildman–Crippen LogP) is 5.38. The van der Waals surface area contributed by atoms with Gasteiger partial charge in [-0.05, 0) is 104 Å². The maximum absolute atomic E-state index is 13.0. The number of amides is 1. The normalized spacial score (nSPS) is 38.2. The Labute approximate surface area is 262 Å². The molecule has 1 amide bonds. The van der Waals surface area contributed by atoms with Gasteiger partial charge in [-0.3, -0.25) is 4.79 Å². The topological polar surface area (TPSA) is 29.1 Å². The van der Waals surface area contributed by atoms with Gasteiger partial charge in [0.2, 0.25) is 5.91 Å². The van der Waals surface area contributed by atoms with E-state index in [0.29, 0.717) is 23.2 Å². The summed E-state index contributed by atoms with van der Waals surface area (Å²) in [4.78, 5) is 13.0. The largest absolute Gasteiger partial charge is 1.00 e. The highest BCUT2D eigenvalue weighted by molar-refractivity contribution is 5.75. The zero-order chi connectivity index (χ0) is 27.8. The summed E-state index contributed by atoms with van der Waals surface area (Å²) in [5.74, 6) is 5.69. The third-order valence-electron chi connectivity index (χ3n) is 14.0. The van der Waals surface area contributed by atoms with Crippen LogP contribution in [0.15, 0.2) is 30.3 Å². The van der Waals surface area contributed by atoms with Crippen LogP contribution >= 0.6 is 0 Å². The van der Waals surface area contributed by atoms with Crippen molar-refractivity contribution >= 4 is 5.91 Å². The molecule has 41 heavy (non-hydrogen) atoms. The van der Waals surface area contributed by atoms with E-state index in [-0.39, 0.29) is 22.9 Å². The highest BCUT2D eigenvalue weighted by atomic mass is 79.9. The Morgan fingerprint density at radius 1 is 0.902 bits per heavy atom. The Hall–Kier alpha value is -0.870. The van der Waals surface area contributed by atoms with Gasteiger partial charge in [-0.25, -0.2) is 0 Å². The van der Waals surface area contributed by atoms with E-state index in [1.165, 1.54) is 95.7 Å². The molecule has 5 fully saturated rings. The van der Waals surface area contributed by atoms with Gasteiger partial charge < -0.3 is 26.8 Å². The Bertz CT molecular complexity index is 1010. The van der Waals surface area contributed by atoms with Crippen LogP contribution in [0.25, 0.3) is 0 Å². The molecule has 1 heterocycles. The number of benzene rings is 1. The fourth-order valence-electron chi connectivity index (χ4n) is 11.8. The van der Waals surface area contributed by atoms with Crippen molar-refractivity contribution in [1.29, 1.82) is 0 Å². The minimum atomic E-state index is 0. The number of likely N-dealkylation sites (tertiary alicyclic amines) is 1. The molecule has 1 aromatic rings. The van der Waals surface area contributed by atoms with Crippen molar-refractivity contribution < 1.29 is 26.3 Å². The monoisotopic (exact) mass is 626 g/mol. The van der Waals surface area contributed by atoms with Crippen molar-refractivity contribution in [2.45, 2.75) is 117 Å². The summed E-state index contributed by atoms with van der Waals surface area (Å²) >= 11 is 0. The lowest BCUT2D eigenvalue weighted by atomic mass is 9.44. The van der Waals surface area contributed by atoms with Crippen molar-refractivity contribution in [3.63, 3.8) is 0 Å². The third kappa shape index (κ3) is 6.22. The van der Waals surface area contributed by atoms with Gasteiger partial charge >= 0.3 is 0 Å². The second kappa shape index (κ2) is 13.0. The van der Waals surface area contributed by atoms with Gasteiger partial charge in [-0.15, -0.1) is 0 Å². The zero-order valence-electron chi connectivity index (χ0n) is 26.5. The van der Waals surface area contributed by atoms with Crippen LogP contribution in [-0.4, -0.2) is 36.6 Å². The van der Waals surface area contributed by atoms with Crippen LogP contribution < -0.4 is 22.3 Å². The second-order valence-electron chi connectivity index (χ2n) is 15.9. The van der Waals surface area contributed by atoms with Crippen LogP contribution in [0, 0.1) is 46.3 Å². The number of quaternary nitrogens is 1. The molecule has 2 unspecified atom stereocenters. The molecule has 1 saturated heterocycles. The van der Waals surface area contributed by atoms with E-state index in [9.17, 15) is 4.79 Å². The van der Waals surface area contributed by atoms with Crippen LogP contribution in [-0.2, 0) is 11.3 Å². The molecule has 3 nitrogen and oxygen atoms in total. The van der Waals surface area contributed by atoms with Gasteiger partial charge in [-0.2, -0.15) is 0 Å². The first kappa shape index (κ1) is 31.6. The Kier molecular flexibility index (Phi) is 10.0. The lowest BCUT2D eigenvalue weighted by molar-refractivity contribution is -0.928. The molecule has 6 rings (SSSR count). The van der Waals surface area contributed by atoms with E-state index in [2.05, 4.69) is 56.4 Å². The highest BCUT2D eigenvalue weighted by Gasteiger charge is 2.60. The molecular formula is C37H59BrN2O. The number of hydrogen-bond donors (Lipinski definition) is 1. The summed E-state index contributed by atoms with van der Waals surface area (Å²) in [6, 6.07) is 11.0. The van der Waals surface area contributed by atoms with Crippen LogP contribution in [0.4, 0.5) is 0 Å². The van der Waals surface area contributed by atoms with E-state index < -0.39 is 0 Å². The van der Waals surface area contributed by atoms with E-state index in [4.69, 9.17) is 0 Å². The molecule has 0 bridgehead atoms. The summed E-state index contributed by atoms with van der Waals surface area (Å²) in [6.07, 6.45) is 19.2. The highest BCUT2D eigenvalue weighted by Crippen LogP contribution is 2.68. The maximum Gasteiger partial charge on any atom is 0.220 e. The van der Waals surface area contributed by atoms with E-state index in [1.54, 1.807) is 0 Å². The molecule has 0 aromatic heterocycles. The standard InChI is InChI=1S/C37H58N2O.BrH/c1-28(14-19-35(40)38-23-26-39(24-9-10-25-39)27-29-11-5-4-6-12-29)32-17-18-33-31-16-15-30-13-7-8-21-36(30,2)34(31)20-22-37(32,33)3;/h4-6,11-12,28,30-34H,7-10,13-27H2,1-3H3;1H/t28?,30?,31-,32+,33-,34-,36-,37+;/m0./s1. The molecule has 5 aliphatic rings. The Morgan fingerprint density at radius 2 is 1.66 bits per heavy atom. The van der Waals surface area contributed by atoms with Crippen LogP contribution in [0.2, 0.25) is 0 Å². The number of carbonyl (C=O) groups excluding carboxylic acids is 1. The van der Waals surface area contributed by atoms with E-state index in [1.807, 2.05) is 0 Å². The molecule has 230 valence electrons. The van der Waals surface area contributed by atoms with Crippen LogP contribution in [0.1, 0.15) is 116 Å². The first-order valence-electron chi connectivity index (χ1n) is 17.5. The Morgan fingerprint density at radius 3 is 2.44 bits per heavy atom. The fourth-order valence-corrected chi connectivity index (χ4v) is 11.8. The molecule has 1 aliphatic heterocycles. The predicted molar refractivity (Wildman–Crippen MR) is 165 cm³/mol. The molecule has 1 aromatic carbocycles. The van der Waals surface area contributed by atoms with Crippen molar-refractivity contribution in [3.05, 3.63) is 35.9 Å². The molecule has 0 spiro atoms. The SMILES string of the molecule is CC(CCC(=O)NCC[N+]1(Cc2ccccc2)CCCC1)[C@H]1CC[C@H]2[C@@H]3CCC4CCCC[C@]4(C)[C@H]3CC[C@]12C.[Br-]. The summed E-state index contributed by atoms with van der Waals surface area (Å²) in [6.45, 7) is 13.4. The van der Waals surface area contributed by atoms with Gasteiger partial charge in [0.15, 0.2) is 0 Å². The average Bonchev–Trinajstić information content (AvgIpc) is 3.56. The summed E-state index contributed by atoms with van der Waals surface area (Å²) < 4.78 is 1.14. The third-order valence-corrected chi connectivity index (χ3v) is 14.0. The molecule has 8 atom stereocenters. The van der Waals surface area contributed by atoms with Gasteiger partial charge in [0.25, 0.3) is 0 Å². The molecule has 1 N–H and O–H groups in total. The minimum Gasteiger partial charge on any atom is -1.00 e. The summed E-state index contributed by atoms with van der Waals surface area (Å²) in [5, 5.41) is 3.35. The summed E-state index contributed by atoms with van der Waals surface area (Å²) in [5.41, 5.74) is 2.59. The first-order chi connectivity index (χ1) is 19.3. The van der Waals surface area contributed by atoms with Gasteiger partial charge in [0, 0.05) is 24.8 Å². The van der Waals surface area contributed by atoms with Gasteiger partial charge in [0.1, 0.15) is 6.54 Å². The van der Waals surface area contributed by atoms with E-state index >= 15 is 0 Å². The Balaban J connectivity index is 0.00000337. The summed E-state index contributed by atoms with van der Waals surface area (Å²) in [7, 11) is 0. The number of fused-ring (bicyclic) bond motifs is 5. The van der Waals surface area contributed by atoms with Crippen molar-refractivity contribution in [2.75, 3.05) is 26.2 Å². The van der Waals surface area contributed by atoms with Crippen molar-refractivity contribution in [3.8, 4) is 0 Å². The number of halogens is 1. The number of rotatable bonds is 9. The molecule has 4 heteroatoms. The average molecular weight is 628 g/mol. The lowest BCUT2D eigenvalue weighted by Gasteiger charge is -2.61. The van der Waals surface area contributed by atoms with Crippen molar-refractivity contribution in [2.24, 2.45) is 46.3 Å². The number of hydrogen-bond acceptors (Lipinski definition) is 1. The molecule has 4 saturated carbocycles. The first-order valence-corrected chi connectivity index (χ1v) is 17.5. The zero-order valence-corrected chi connectivity index (χ0v) is 28.1. The van der Waals surface area contributed by atoms with Gasteiger partial charge in [0.05, 0.1) is 26.2 Å². The number of nitrogens with one attached hydrogen (secondary N) is 1. The van der Waals surface area contributed by atoms with E-state index in [0.717, 1.165) is 60.1 Å².